The third-order valence-corrected chi connectivity index (χ3v) is 7.57. The Labute approximate surface area is 195 Å². The van der Waals surface area contributed by atoms with Crippen LogP contribution in [0.25, 0.3) is 16.9 Å². The molecule has 4 heterocycles. The predicted octanol–water partition coefficient (Wildman–Crippen LogP) is 1.24. The number of anilines is 1. The first-order valence-corrected chi connectivity index (χ1v) is 11.4. The summed E-state index contributed by atoms with van der Waals surface area (Å²) in [5.74, 6) is -5.11. The van der Waals surface area contributed by atoms with Crippen LogP contribution in [0.4, 0.5) is 18.9 Å². The lowest BCUT2D eigenvalue weighted by atomic mass is 9.54. The second-order valence-corrected chi connectivity index (χ2v) is 9.70. The van der Waals surface area contributed by atoms with E-state index in [0.717, 1.165) is 0 Å². The van der Waals surface area contributed by atoms with Crippen molar-refractivity contribution in [3.63, 3.8) is 0 Å². The molecule has 6 rings (SSSR count). The van der Waals surface area contributed by atoms with Gasteiger partial charge in [-0.15, -0.1) is 0 Å². The molecule has 184 valence electrons. The molecular weight excluding hydrogens is 467 g/mol. The van der Waals surface area contributed by atoms with Crippen molar-refractivity contribution in [1.82, 2.24) is 29.9 Å². The Morgan fingerprint density at radius 2 is 2.11 bits per heavy atom. The molecule has 0 bridgehead atoms. The molecule has 3 aromatic heterocycles. The number of fused-ring (bicyclic) bond motifs is 2. The second kappa shape index (κ2) is 7.43. The van der Waals surface area contributed by atoms with Crippen molar-refractivity contribution in [3.05, 3.63) is 45.5 Å². The molecule has 0 aromatic carbocycles. The van der Waals surface area contributed by atoms with Gasteiger partial charge in [0.15, 0.2) is 5.65 Å². The Balaban J connectivity index is 1.25. The van der Waals surface area contributed by atoms with Crippen LogP contribution in [0.15, 0.2) is 34.2 Å². The van der Waals surface area contributed by atoms with Gasteiger partial charge in [0.25, 0.3) is 11.5 Å². The van der Waals surface area contributed by atoms with E-state index in [0.29, 0.717) is 24.2 Å². The molecule has 3 aliphatic rings. The van der Waals surface area contributed by atoms with Crippen molar-refractivity contribution >= 4 is 17.2 Å². The number of hydrogen-bond acceptors (Lipinski definition) is 6. The Morgan fingerprint density at radius 1 is 1.29 bits per heavy atom. The molecule has 13 heteroatoms. The number of rotatable bonds is 5. The van der Waals surface area contributed by atoms with Crippen LogP contribution in [-0.4, -0.2) is 61.2 Å². The number of alkyl halides is 3. The van der Waals surface area contributed by atoms with Crippen molar-refractivity contribution in [2.45, 2.75) is 43.3 Å². The minimum absolute atomic E-state index is 0.0590. The molecular formula is C22H22F3N7O3. The van der Waals surface area contributed by atoms with Gasteiger partial charge >= 0.3 is 5.69 Å². The van der Waals surface area contributed by atoms with Gasteiger partial charge in [0.05, 0.1) is 23.7 Å². The second-order valence-electron chi connectivity index (χ2n) is 9.70. The Morgan fingerprint density at radius 3 is 2.80 bits per heavy atom. The maximum absolute atomic E-state index is 15.0. The lowest BCUT2D eigenvalue weighted by Gasteiger charge is -2.57. The highest BCUT2D eigenvalue weighted by Gasteiger charge is 2.61. The lowest BCUT2D eigenvalue weighted by molar-refractivity contribution is -0.145. The molecule has 3 fully saturated rings. The Kier molecular flexibility index (Phi) is 4.64. The highest BCUT2D eigenvalue weighted by Crippen LogP contribution is 2.56. The van der Waals surface area contributed by atoms with E-state index in [4.69, 9.17) is 0 Å². The van der Waals surface area contributed by atoms with Gasteiger partial charge in [-0.25, -0.2) is 27.5 Å². The van der Waals surface area contributed by atoms with Crippen molar-refractivity contribution in [2.24, 2.45) is 11.8 Å². The van der Waals surface area contributed by atoms with Gasteiger partial charge in [-0.05, 0) is 18.9 Å². The fourth-order valence-electron chi connectivity index (χ4n) is 5.54. The van der Waals surface area contributed by atoms with E-state index in [1.165, 1.54) is 34.1 Å². The SMILES string of the molecule is O=C(CC1CN(c2cc(-c3c[nH]c(=O)[nH]c3=O)nn3ccnc23)CC1(F)F)NC1CC2(F)CCC12. The van der Waals surface area contributed by atoms with E-state index < -0.39 is 41.2 Å². The molecule has 3 aromatic rings. The zero-order valence-corrected chi connectivity index (χ0v) is 18.4. The van der Waals surface area contributed by atoms with Crippen molar-refractivity contribution in [1.29, 1.82) is 0 Å². The first kappa shape index (κ1) is 21.9. The van der Waals surface area contributed by atoms with Crippen molar-refractivity contribution in [2.75, 3.05) is 18.0 Å². The normalized spacial score (nSPS) is 28.9. The monoisotopic (exact) mass is 489 g/mol. The highest BCUT2D eigenvalue weighted by atomic mass is 19.3. The summed E-state index contributed by atoms with van der Waals surface area (Å²) in [7, 11) is 0. The van der Waals surface area contributed by atoms with E-state index in [-0.39, 0.29) is 42.6 Å². The van der Waals surface area contributed by atoms with E-state index in [2.05, 4.69) is 25.4 Å². The first-order chi connectivity index (χ1) is 16.6. The predicted molar refractivity (Wildman–Crippen MR) is 118 cm³/mol. The average Bonchev–Trinajstić information content (AvgIpc) is 3.36. The summed E-state index contributed by atoms with van der Waals surface area (Å²) in [5.41, 5.74) is -1.68. The Hall–Kier alpha value is -3.64. The summed E-state index contributed by atoms with van der Waals surface area (Å²) < 4.78 is 45.5. The fraction of sp³-hybridized carbons (Fsp3) is 0.500. The molecule has 2 saturated carbocycles. The zero-order valence-electron chi connectivity index (χ0n) is 18.4. The molecule has 2 aliphatic carbocycles. The molecule has 4 unspecified atom stereocenters. The number of hydrogen-bond donors (Lipinski definition) is 3. The van der Waals surface area contributed by atoms with Crippen LogP contribution in [0.3, 0.4) is 0 Å². The number of carbonyl (C=O) groups excluding carboxylic acids is 1. The van der Waals surface area contributed by atoms with Crippen LogP contribution in [0.5, 0.6) is 0 Å². The van der Waals surface area contributed by atoms with Gasteiger partial charge in [0.1, 0.15) is 11.4 Å². The largest absolute Gasteiger partial charge is 0.362 e. The average molecular weight is 489 g/mol. The van der Waals surface area contributed by atoms with Gasteiger partial charge in [-0.1, -0.05) is 0 Å². The van der Waals surface area contributed by atoms with Crippen molar-refractivity contribution in [3.8, 4) is 11.3 Å². The highest BCUT2D eigenvalue weighted by molar-refractivity contribution is 5.78. The fourth-order valence-corrected chi connectivity index (χ4v) is 5.54. The van der Waals surface area contributed by atoms with E-state index in [9.17, 15) is 27.6 Å². The third-order valence-electron chi connectivity index (χ3n) is 7.57. The Bertz CT molecular complexity index is 1450. The quantitative estimate of drug-likeness (QED) is 0.495. The summed E-state index contributed by atoms with van der Waals surface area (Å²) in [5, 5.41) is 7.04. The van der Waals surface area contributed by atoms with Gasteiger partial charge in [-0.3, -0.25) is 14.6 Å². The standard InChI is InChI=1S/C22H22F3N7O3/c23-21-2-1-13(21)15(7-21)28-17(33)5-11-9-31(10-22(11,24)25)16-6-14(30-32-4-3-26-18(16)32)12-8-27-20(35)29-19(12)34/h3-4,6,8,11,13,15H,1-2,5,7,9-10H2,(H,28,33)(H2,27,29,34,35). The van der Waals surface area contributed by atoms with Gasteiger partial charge in [0.2, 0.25) is 5.91 Å². The van der Waals surface area contributed by atoms with Gasteiger partial charge in [0, 0.05) is 49.9 Å². The summed E-state index contributed by atoms with van der Waals surface area (Å²) in [6.45, 7) is -0.756. The number of nitrogens with one attached hydrogen (secondary N) is 3. The number of nitrogens with zero attached hydrogens (tertiary/aromatic N) is 4. The van der Waals surface area contributed by atoms with Gasteiger partial charge < -0.3 is 15.2 Å². The number of H-pyrrole nitrogens is 2. The molecule has 0 spiro atoms. The molecule has 35 heavy (non-hydrogen) atoms. The molecule has 4 atom stereocenters. The van der Waals surface area contributed by atoms with Gasteiger partial charge in [-0.2, -0.15) is 5.10 Å². The minimum atomic E-state index is -3.15. The van der Waals surface area contributed by atoms with Crippen LogP contribution in [0.2, 0.25) is 0 Å². The number of halogens is 3. The molecule has 1 aliphatic heterocycles. The summed E-state index contributed by atoms with van der Waals surface area (Å²) >= 11 is 0. The molecule has 0 radical (unpaired) electrons. The van der Waals surface area contributed by atoms with Crippen LogP contribution in [-0.2, 0) is 4.79 Å². The summed E-state index contributed by atoms with van der Waals surface area (Å²) in [6, 6.07) is 1.19. The maximum atomic E-state index is 15.0. The number of aromatic amines is 2. The summed E-state index contributed by atoms with van der Waals surface area (Å²) in [6.07, 6.45) is 5.25. The maximum Gasteiger partial charge on any atom is 0.325 e. The van der Waals surface area contributed by atoms with E-state index >= 15 is 0 Å². The first-order valence-electron chi connectivity index (χ1n) is 11.4. The van der Waals surface area contributed by atoms with Crippen molar-refractivity contribution < 1.29 is 18.0 Å². The number of aromatic nitrogens is 5. The number of amides is 1. The van der Waals surface area contributed by atoms with E-state index in [1.807, 2.05) is 0 Å². The molecule has 3 N–H and O–H groups in total. The smallest absolute Gasteiger partial charge is 0.325 e. The van der Waals surface area contributed by atoms with Crippen LogP contribution >= 0.6 is 0 Å². The molecule has 1 amide bonds. The minimum Gasteiger partial charge on any atom is -0.362 e. The molecule has 10 nitrogen and oxygen atoms in total. The summed E-state index contributed by atoms with van der Waals surface area (Å²) in [4.78, 5) is 46.3. The van der Waals surface area contributed by atoms with Crippen LogP contribution < -0.4 is 21.5 Å². The van der Waals surface area contributed by atoms with Crippen LogP contribution in [0.1, 0.15) is 25.7 Å². The lowest BCUT2D eigenvalue weighted by Crippen LogP contribution is -2.66. The molecule has 1 saturated heterocycles. The number of imidazole rings is 1. The number of carbonyl (C=O) groups is 1. The van der Waals surface area contributed by atoms with E-state index in [1.54, 1.807) is 0 Å². The zero-order chi connectivity index (χ0) is 24.5. The topological polar surface area (TPSA) is 128 Å². The third kappa shape index (κ3) is 3.51. The van der Waals surface area contributed by atoms with Crippen LogP contribution in [0, 0.1) is 11.8 Å².